The van der Waals surface area contributed by atoms with E-state index in [-0.39, 0.29) is 16.9 Å². The number of unbranched alkanes of at least 4 members (excludes halogenated alkanes) is 1. The molecule has 3 aromatic rings. The first kappa shape index (κ1) is 16.1. The van der Waals surface area contributed by atoms with Gasteiger partial charge < -0.3 is 10.2 Å². The third-order valence-corrected chi connectivity index (χ3v) is 4.37. The first-order valence-electron chi connectivity index (χ1n) is 8.30. The van der Waals surface area contributed by atoms with Crippen LogP contribution in [0.5, 0.6) is 0 Å². The molecule has 0 bridgehead atoms. The lowest BCUT2D eigenvalue weighted by Gasteiger charge is -2.11. The van der Waals surface area contributed by atoms with Crippen LogP contribution in [0.1, 0.15) is 46.4 Å². The lowest BCUT2D eigenvalue weighted by atomic mass is 10.1. The van der Waals surface area contributed by atoms with E-state index in [1.54, 1.807) is 18.2 Å². The molecule has 0 atom stereocenters. The number of imide groups is 1. The summed E-state index contributed by atoms with van der Waals surface area (Å²) in [5.74, 6) is -0.676. The molecule has 1 aliphatic rings. The van der Waals surface area contributed by atoms with E-state index in [1.807, 2.05) is 0 Å². The van der Waals surface area contributed by atoms with Crippen LogP contribution in [0.25, 0.3) is 16.8 Å². The number of hydrogen-bond acceptors (Lipinski definition) is 6. The van der Waals surface area contributed by atoms with Gasteiger partial charge in [-0.25, -0.2) is 4.98 Å². The molecule has 132 valence electrons. The number of nitrogens with two attached hydrogens (primary N) is 1. The number of aryl methyl sites for hydroxylation is 1. The van der Waals surface area contributed by atoms with E-state index in [1.165, 1.54) is 4.57 Å². The molecule has 3 heterocycles. The normalized spacial score (nSPS) is 13.3. The van der Waals surface area contributed by atoms with Crippen LogP contribution >= 0.6 is 0 Å². The van der Waals surface area contributed by atoms with Gasteiger partial charge in [0.15, 0.2) is 11.5 Å². The fourth-order valence-electron chi connectivity index (χ4n) is 3.08. The zero-order chi connectivity index (χ0) is 18.4. The Bertz CT molecular complexity index is 1130. The first-order chi connectivity index (χ1) is 12.5. The molecule has 0 fully saturated rings. The monoisotopic (exact) mass is 352 g/mol. The van der Waals surface area contributed by atoms with E-state index >= 15 is 0 Å². The molecule has 0 aliphatic carbocycles. The number of rotatable bonds is 4. The van der Waals surface area contributed by atoms with Gasteiger partial charge in [0.2, 0.25) is 0 Å². The number of amides is 2. The number of anilines is 1. The Morgan fingerprint density at radius 1 is 1.19 bits per heavy atom. The Kier molecular flexibility index (Phi) is 3.61. The molecule has 4 rings (SSSR count). The molecule has 1 aliphatic heterocycles. The lowest BCUT2D eigenvalue weighted by molar-refractivity contribution is 0.0880. The van der Waals surface area contributed by atoms with Crippen LogP contribution in [-0.2, 0) is 6.42 Å². The summed E-state index contributed by atoms with van der Waals surface area (Å²) >= 11 is 0. The van der Waals surface area contributed by atoms with E-state index in [9.17, 15) is 14.4 Å². The summed E-state index contributed by atoms with van der Waals surface area (Å²) in [5, 5.41) is 2.14. The first-order valence-corrected chi connectivity index (χ1v) is 8.30. The SMILES string of the molecule is CCCCc1nc2ccc(-n3c(N)c4c(cc3=O)C(=O)NC4=O)cc2o1. The topological polar surface area (TPSA) is 120 Å². The van der Waals surface area contributed by atoms with Gasteiger partial charge in [0, 0.05) is 18.6 Å². The van der Waals surface area contributed by atoms with Gasteiger partial charge in [0.25, 0.3) is 17.4 Å². The van der Waals surface area contributed by atoms with Gasteiger partial charge in [-0.15, -0.1) is 0 Å². The van der Waals surface area contributed by atoms with Crippen molar-refractivity contribution in [1.29, 1.82) is 0 Å². The number of benzene rings is 1. The van der Waals surface area contributed by atoms with Crippen LogP contribution in [-0.4, -0.2) is 21.4 Å². The minimum absolute atomic E-state index is 0.00338. The molecule has 1 aromatic carbocycles. The minimum Gasteiger partial charge on any atom is -0.441 e. The largest absolute Gasteiger partial charge is 0.441 e. The van der Waals surface area contributed by atoms with Crippen molar-refractivity contribution in [3.05, 3.63) is 51.6 Å². The van der Waals surface area contributed by atoms with Crippen LogP contribution < -0.4 is 16.6 Å². The number of nitrogen functional groups attached to an aromatic ring is 1. The number of hydrogen-bond donors (Lipinski definition) is 2. The van der Waals surface area contributed by atoms with Crippen molar-refractivity contribution >= 4 is 28.7 Å². The third kappa shape index (κ3) is 2.38. The van der Waals surface area contributed by atoms with Crippen LogP contribution in [0.2, 0.25) is 0 Å². The van der Waals surface area contributed by atoms with Crippen molar-refractivity contribution in [1.82, 2.24) is 14.9 Å². The van der Waals surface area contributed by atoms with Crippen LogP contribution in [0.3, 0.4) is 0 Å². The number of nitrogens with one attached hydrogen (secondary N) is 1. The molecule has 0 unspecified atom stereocenters. The Balaban J connectivity index is 1.85. The molecule has 3 N–H and O–H groups in total. The van der Waals surface area contributed by atoms with Crippen LogP contribution in [0, 0.1) is 0 Å². The summed E-state index contributed by atoms with van der Waals surface area (Å²) in [5.41, 5.74) is 7.19. The molecule has 8 heteroatoms. The molecule has 2 aromatic heterocycles. The van der Waals surface area contributed by atoms with Crippen molar-refractivity contribution in [2.75, 3.05) is 5.73 Å². The van der Waals surface area contributed by atoms with E-state index in [0.29, 0.717) is 22.7 Å². The standard InChI is InChI=1S/C18H16N4O4/c1-2-3-4-13-20-11-6-5-9(7-12(11)26-13)22-14(23)8-10-15(16(22)19)18(25)21-17(10)24/h5-8H,2-4,19H2,1H3,(H,21,24,25). The second-order valence-corrected chi connectivity index (χ2v) is 6.14. The predicted molar refractivity (Wildman–Crippen MR) is 94.4 cm³/mol. The van der Waals surface area contributed by atoms with E-state index in [0.717, 1.165) is 25.3 Å². The third-order valence-electron chi connectivity index (χ3n) is 4.37. The molecule has 8 nitrogen and oxygen atoms in total. The van der Waals surface area contributed by atoms with Gasteiger partial charge in [0.05, 0.1) is 16.8 Å². The summed E-state index contributed by atoms with van der Waals surface area (Å²) in [6.45, 7) is 2.09. The number of nitrogens with zero attached hydrogens (tertiary/aromatic N) is 2. The number of aromatic nitrogens is 2. The Morgan fingerprint density at radius 2 is 2.00 bits per heavy atom. The number of fused-ring (bicyclic) bond motifs is 2. The van der Waals surface area contributed by atoms with Crippen LogP contribution in [0.15, 0.2) is 33.5 Å². The minimum atomic E-state index is -0.618. The zero-order valence-corrected chi connectivity index (χ0v) is 14.0. The molecule has 0 spiro atoms. The van der Waals surface area contributed by atoms with Gasteiger partial charge in [-0.05, 0) is 18.6 Å². The zero-order valence-electron chi connectivity index (χ0n) is 14.0. The molecular weight excluding hydrogens is 336 g/mol. The second-order valence-electron chi connectivity index (χ2n) is 6.14. The van der Waals surface area contributed by atoms with Crippen molar-refractivity contribution in [2.45, 2.75) is 26.2 Å². The van der Waals surface area contributed by atoms with E-state index in [4.69, 9.17) is 10.2 Å². The summed E-state index contributed by atoms with van der Waals surface area (Å²) in [6, 6.07) is 6.17. The highest BCUT2D eigenvalue weighted by molar-refractivity contribution is 6.23. The van der Waals surface area contributed by atoms with Gasteiger partial charge >= 0.3 is 0 Å². The van der Waals surface area contributed by atoms with Gasteiger partial charge in [-0.2, -0.15) is 0 Å². The quantitative estimate of drug-likeness (QED) is 0.691. The summed E-state index contributed by atoms with van der Waals surface area (Å²) in [7, 11) is 0. The van der Waals surface area contributed by atoms with E-state index in [2.05, 4.69) is 17.2 Å². The fourth-order valence-corrected chi connectivity index (χ4v) is 3.08. The van der Waals surface area contributed by atoms with Gasteiger partial charge in [-0.3, -0.25) is 24.3 Å². The maximum absolute atomic E-state index is 12.5. The van der Waals surface area contributed by atoms with Crippen molar-refractivity contribution < 1.29 is 14.0 Å². The second kappa shape index (κ2) is 5.83. The maximum atomic E-state index is 12.5. The Labute approximate surface area is 147 Å². The average molecular weight is 352 g/mol. The van der Waals surface area contributed by atoms with Gasteiger partial charge in [-0.1, -0.05) is 13.3 Å². The van der Waals surface area contributed by atoms with Crippen molar-refractivity contribution in [2.24, 2.45) is 0 Å². The Morgan fingerprint density at radius 3 is 2.77 bits per heavy atom. The Hall–Kier alpha value is -3.42. The summed E-state index contributed by atoms with van der Waals surface area (Å²) in [6.07, 6.45) is 2.75. The number of oxazole rings is 1. The lowest BCUT2D eigenvalue weighted by Crippen LogP contribution is -2.24. The van der Waals surface area contributed by atoms with E-state index < -0.39 is 17.4 Å². The summed E-state index contributed by atoms with van der Waals surface area (Å²) < 4.78 is 6.93. The van der Waals surface area contributed by atoms with Gasteiger partial charge in [0.1, 0.15) is 11.3 Å². The molecule has 0 saturated heterocycles. The highest BCUT2D eigenvalue weighted by Gasteiger charge is 2.31. The molecule has 0 radical (unpaired) electrons. The number of carbonyl (C=O) groups is 2. The van der Waals surface area contributed by atoms with Crippen molar-refractivity contribution in [3.63, 3.8) is 0 Å². The highest BCUT2D eigenvalue weighted by atomic mass is 16.3. The average Bonchev–Trinajstić information content (AvgIpc) is 3.13. The molecule has 26 heavy (non-hydrogen) atoms. The number of pyridine rings is 1. The molecule has 2 amide bonds. The van der Waals surface area contributed by atoms with Crippen molar-refractivity contribution in [3.8, 4) is 5.69 Å². The smallest absolute Gasteiger partial charge is 0.262 e. The highest BCUT2D eigenvalue weighted by Crippen LogP contribution is 2.25. The fraction of sp³-hybridized carbons (Fsp3) is 0.222. The predicted octanol–water partition coefficient (Wildman–Crippen LogP) is 1.79. The number of carbonyl (C=O) groups excluding carboxylic acids is 2. The molecule has 0 saturated carbocycles. The molecular formula is C18H16N4O4. The maximum Gasteiger partial charge on any atom is 0.262 e. The summed E-state index contributed by atoms with van der Waals surface area (Å²) in [4.78, 5) is 40.6. The van der Waals surface area contributed by atoms with Crippen LogP contribution in [0.4, 0.5) is 5.82 Å².